The Morgan fingerprint density at radius 1 is 1.06 bits per heavy atom. The number of carboxylic acids is 2. The predicted molar refractivity (Wildman–Crippen MR) is 106 cm³/mol. The molecular formula is C19H23N5O7. The maximum Gasteiger partial charge on any atom is 0.305 e. The molecule has 12 nitrogen and oxygen atoms in total. The first-order chi connectivity index (χ1) is 14.6. The quantitative estimate of drug-likeness (QED) is 0.234. The topological polar surface area (TPSA) is 194 Å². The minimum Gasteiger partial charge on any atom is -0.481 e. The summed E-state index contributed by atoms with van der Waals surface area (Å²) in [5, 5.41) is 27.7. The number of aliphatic carboxylic acids is 2. The summed E-state index contributed by atoms with van der Waals surface area (Å²) in [6, 6.07) is 4.57. The second-order valence-electron chi connectivity index (χ2n) is 6.84. The van der Waals surface area contributed by atoms with Gasteiger partial charge in [0.25, 0.3) is 5.91 Å². The molecule has 12 heteroatoms. The lowest BCUT2D eigenvalue weighted by Gasteiger charge is -2.40. The summed E-state index contributed by atoms with van der Waals surface area (Å²) in [6.45, 7) is -0.453. The molecule has 6 N–H and O–H groups in total. The average Bonchev–Trinajstić information content (AvgIpc) is 2.72. The zero-order valence-electron chi connectivity index (χ0n) is 16.5. The van der Waals surface area contributed by atoms with Gasteiger partial charge in [0.1, 0.15) is 11.9 Å². The molecule has 1 fully saturated rings. The maximum absolute atomic E-state index is 12.6. The number of carboxylic acid groups (broad SMARTS) is 2. The number of carbonyl (C=O) groups excluding carboxylic acids is 3. The molecule has 0 spiro atoms. The number of benzene rings is 1. The minimum atomic E-state index is -1.29. The standard InChI is InChI=1S/C19H23N5O7/c20-17(21)11-1-3-12(4-2-11)18(30)22-10-14(25)24-8-7-23(6-5-15(26)27)19(31)13(24)9-16(28)29/h1-4,13H,5-10H2,(H3,20,21)(H,22,30)(H,26,27)(H,28,29)/t13-/m0/s1. The van der Waals surface area contributed by atoms with Crippen LogP contribution in [0.4, 0.5) is 0 Å². The number of amidine groups is 1. The van der Waals surface area contributed by atoms with Gasteiger partial charge in [-0.1, -0.05) is 12.1 Å². The van der Waals surface area contributed by atoms with E-state index in [1.165, 1.54) is 29.2 Å². The van der Waals surface area contributed by atoms with Gasteiger partial charge >= 0.3 is 11.9 Å². The zero-order chi connectivity index (χ0) is 23.1. The van der Waals surface area contributed by atoms with Crippen molar-refractivity contribution in [1.29, 1.82) is 5.41 Å². The molecule has 0 saturated carbocycles. The third-order valence-electron chi connectivity index (χ3n) is 4.73. The molecule has 0 bridgehead atoms. The smallest absolute Gasteiger partial charge is 0.305 e. The van der Waals surface area contributed by atoms with E-state index in [4.69, 9.17) is 21.4 Å². The Bertz CT molecular complexity index is 899. The lowest BCUT2D eigenvalue weighted by molar-refractivity contribution is -0.156. The zero-order valence-corrected chi connectivity index (χ0v) is 16.5. The number of carbonyl (C=O) groups is 5. The molecule has 2 rings (SSSR count). The molecule has 0 aromatic heterocycles. The molecule has 166 valence electrons. The fraction of sp³-hybridized carbons (Fsp3) is 0.368. The highest BCUT2D eigenvalue weighted by atomic mass is 16.4. The van der Waals surface area contributed by atoms with Crippen LogP contribution in [0.1, 0.15) is 28.8 Å². The number of nitrogens with two attached hydrogens (primary N) is 1. The molecule has 1 aliphatic rings. The third kappa shape index (κ3) is 6.26. The third-order valence-corrected chi connectivity index (χ3v) is 4.73. The molecule has 1 saturated heterocycles. The molecule has 1 aromatic rings. The molecule has 1 heterocycles. The van der Waals surface area contributed by atoms with Crippen molar-refractivity contribution in [2.75, 3.05) is 26.2 Å². The second kappa shape index (κ2) is 10.2. The van der Waals surface area contributed by atoms with Crippen LogP contribution in [-0.2, 0) is 19.2 Å². The molecule has 1 aromatic carbocycles. The summed E-state index contributed by atoms with van der Waals surface area (Å²) in [4.78, 5) is 61.7. The van der Waals surface area contributed by atoms with E-state index in [0.29, 0.717) is 5.56 Å². The second-order valence-corrected chi connectivity index (χ2v) is 6.84. The van der Waals surface area contributed by atoms with E-state index >= 15 is 0 Å². The monoisotopic (exact) mass is 433 g/mol. The Morgan fingerprint density at radius 3 is 2.23 bits per heavy atom. The van der Waals surface area contributed by atoms with E-state index < -0.39 is 48.7 Å². The first kappa shape index (κ1) is 23.3. The molecular weight excluding hydrogens is 410 g/mol. The Balaban J connectivity index is 2.02. The van der Waals surface area contributed by atoms with Gasteiger partial charge in [0.15, 0.2) is 0 Å². The lowest BCUT2D eigenvalue weighted by Crippen LogP contribution is -2.60. The number of rotatable bonds is 9. The van der Waals surface area contributed by atoms with Crippen LogP contribution in [-0.4, -0.2) is 87.7 Å². The summed E-state index contributed by atoms with van der Waals surface area (Å²) >= 11 is 0. The summed E-state index contributed by atoms with van der Waals surface area (Å²) in [6.07, 6.45) is -0.924. The van der Waals surface area contributed by atoms with E-state index in [1.54, 1.807) is 0 Å². The van der Waals surface area contributed by atoms with E-state index in [-0.39, 0.29) is 37.5 Å². The van der Waals surface area contributed by atoms with Crippen molar-refractivity contribution >= 4 is 35.5 Å². The number of hydrogen-bond acceptors (Lipinski definition) is 6. The molecule has 0 aliphatic carbocycles. The molecule has 31 heavy (non-hydrogen) atoms. The van der Waals surface area contributed by atoms with Crippen LogP contribution < -0.4 is 11.1 Å². The molecule has 3 amide bonds. The van der Waals surface area contributed by atoms with Gasteiger partial charge in [-0.3, -0.25) is 29.4 Å². The van der Waals surface area contributed by atoms with Crippen LogP contribution >= 0.6 is 0 Å². The van der Waals surface area contributed by atoms with E-state index in [9.17, 15) is 24.0 Å². The fourth-order valence-corrected chi connectivity index (χ4v) is 3.11. The Kier molecular flexibility index (Phi) is 7.66. The highest BCUT2D eigenvalue weighted by Crippen LogP contribution is 2.16. The summed E-state index contributed by atoms with van der Waals surface area (Å²) in [5.74, 6) is -4.38. The summed E-state index contributed by atoms with van der Waals surface area (Å²) in [7, 11) is 0. The van der Waals surface area contributed by atoms with Gasteiger partial charge in [0.2, 0.25) is 11.8 Å². The Morgan fingerprint density at radius 2 is 1.68 bits per heavy atom. The Hall–Kier alpha value is -3.96. The number of hydrogen-bond donors (Lipinski definition) is 5. The maximum atomic E-state index is 12.6. The van der Waals surface area contributed by atoms with Gasteiger partial charge < -0.3 is 31.1 Å². The number of nitrogen functional groups attached to an aromatic ring is 1. The van der Waals surface area contributed by atoms with Crippen LogP contribution in [0.5, 0.6) is 0 Å². The van der Waals surface area contributed by atoms with Gasteiger partial charge in [-0.2, -0.15) is 0 Å². The van der Waals surface area contributed by atoms with Crippen LogP contribution in [0.3, 0.4) is 0 Å². The van der Waals surface area contributed by atoms with Gasteiger partial charge in [0, 0.05) is 30.8 Å². The highest BCUT2D eigenvalue weighted by Gasteiger charge is 2.38. The SMILES string of the molecule is N=C(N)c1ccc(C(=O)NCC(=O)N2CCN(CCC(=O)O)C(=O)[C@@H]2CC(=O)O)cc1. The van der Waals surface area contributed by atoms with E-state index in [2.05, 4.69) is 5.32 Å². The van der Waals surface area contributed by atoms with Gasteiger partial charge in [0.05, 0.1) is 19.4 Å². The predicted octanol–water partition coefficient (Wildman–Crippen LogP) is -1.31. The largest absolute Gasteiger partial charge is 0.481 e. The van der Waals surface area contributed by atoms with Crippen molar-refractivity contribution in [3.63, 3.8) is 0 Å². The normalized spacial score (nSPS) is 16.0. The van der Waals surface area contributed by atoms with Crippen LogP contribution in [0.2, 0.25) is 0 Å². The first-order valence-corrected chi connectivity index (χ1v) is 9.34. The van der Waals surface area contributed by atoms with Crippen molar-refractivity contribution in [3.05, 3.63) is 35.4 Å². The summed E-state index contributed by atoms with van der Waals surface area (Å²) < 4.78 is 0. The number of nitrogens with one attached hydrogen (secondary N) is 2. The van der Waals surface area contributed by atoms with Gasteiger partial charge in [-0.15, -0.1) is 0 Å². The number of piperazine rings is 1. The molecule has 1 aliphatic heterocycles. The van der Waals surface area contributed by atoms with Crippen LogP contribution in [0.15, 0.2) is 24.3 Å². The average molecular weight is 433 g/mol. The van der Waals surface area contributed by atoms with Gasteiger partial charge in [-0.05, 0) is 12.1 Å². The number of nitrogens with zero attached hydrogens (tertiary/aromatic N) is 2. The molecule has 0 unspecified atom stereocenters. The van der Waals surface area contributed by atoms with Crippen molar-refractivity contribution in [3.8, 4) is 0 Å². The van der Waals surface area contributed by atoms with Crippen LogP contribution in [0.25, 0.3) is 0 Å². The Labute approximate surface area is 177 Å². The highest BCUT2D eigenvalue weighted by molar-refractivity contribution is 5.99. The van der Waals surface area contributed by atoms with Crippen molar-refractivity contribution in [2.45, 2.75) is 18.9 Å². The number of amides is 3. The van der Waals surface area contributed by atoms with Crippen LogP contribution in [0, 0.1) is 5.41 Å². The first-order valence-electron chi connectivity index (χ1n) is 9.34. The minimum absolute atomic E-state index is 0.0192. The fourth-order valence-electron chi connectivity index (χ4n) is 3.11. The van der Waals surface area contributed by atoms with Crippen molar-refractivity contribution in [2.24, 2.45) is 5.73 Å². The molecule has 1 atom stereocenters. The lowest BCUT2D eigenvalue weighted by atomic mass is 10.1. The van der Waals surface area contributed by atoms with Crippen molar-refractivity contribution < 1.29 is 34.2 Å². The summed E-state index contributed by atoms with van der Waals surface area (Å²) in [5.41, 5.74) is 6.02. The molecule has 0 radical (unpaired) electrons. The van der Waals surface area contributed by atoms with E-state index in [0.717, 1.165) is 4.90 Å². The van der Waals surface area contributed by atoms with Crippen molar-refractivity contribution in [1.82, 2.24) is 15.1 Å². The van der Waals surface area contributed by atoms with E-state index in [1.807, 2.05) is 0 Å². The van der Waals surface area contributed by atoms with Gasteiger partial charge in [-0.25, -0.2) is 0 Å².